The van der Waals surface area contributed by atoms with Gasteiger partial charge >= 0.3 is 0 Å². The van der Waals surface area contributed by atoms with E-state index in [-0.39, 0.29) is 24.1 Å². The number of furan rings is 1. The molecule has 2 heterocycles. The second kappa shape index (κ2) is 9.17. The Hall–Kier alpha value is -1.63. The molecule has 2 aromatic rings. The topological polar surface area (TPSA) is 71.5 Å². The van der Waals surface area contributed by atoms with E-state index < -0.39 is 0 Å². The summed E-state index contributed by atoms with van der Waals surface area (Å²) in [7, 11) is 0. The summed E-state index contributed by atoms with van der Waals surface area (Å²) in [6.07, 6.45) is 3.72. The number of carbonyl (C=O) groups excluding carboxylic acids is 1. The Labute approximate surface area is 153 Å². The van der Waals surface area contributed by atoms with Crippen LogP contribution in [0.1, 0.15) is 31.4 Å². The summed E-state index contributed by atoms with van der Waals surface area (Å²) in [4.78, 5) is 14.0. The molecule has 1 amide bonds. The molecule has 0 bridgehead atoms. The SMILES string of the molecule is Cl.NCCC(=O)NCC1CCCCN1Cc1cc2cc(F)ccc2o1. The van der Waals surface area contributed by atoms with Crippen LogP contribution in [0.2, 0.25) is 0 Å². The molecule has 3 rings (SSSR count). The number of fused-ring (bicyclic) bond motifs is 1. The van der Waals surface area contributed by atoms with Crippen LogP contribution < -0.4 is 11.1 Å². The van der Waals surface area contributed by atoms with Gasteiger partial charge in [-0.25, -0.2) is 4.39 Å². The summed E-state index contributed by atoms with van der Waals surface area (Å²) in [5, 5.41) is 3.75. The summed E-state index contributed by atoms with van der Waals surface area (Å²) < 4.78 is 19.1. The van der Waals surface area contributed by atoms with Crippen molar-refractivity contribution >= 4 is 29.3 Å². The van der Waals surface area contributed by atoms with Crippen molar-refractivity contribution < 1.29 is 13.6 Å². The van der Waals surface area contributed by atoms with E-state index in [9.17, 15) is 9.18 Å². The van der Waals surface area contributed by atoms with Gasteiger partial charge in [0.15, 0.2) is 0 Å². The molecule has 25 heavy (non-hydrogen) atoms. The lowest BCUT2D eigenvalue weighted by Gasteiger charge is -2.35. The lowest BCUT2D eigenvalue weighted by Crippen LogP contribution is -2.46. The van der Waals surface area contributed by atoms with Crippen LogP contribution >= 0.6 is 12.4 Å². The predicted molar refractivity (Wildman–Crippen MR) is 98.2 cm³/mol. The fraction of sp³-hybridized carbons (Fsp3) is 0.500. The predicted octanol–water partition coefficient (Wildman–Crippen LogP) is 2.81. The second-order valence-electron chi connectivity index (χ2n) is 6.36. The quantitative estimate of drug-likeness (QED) is 0.821. The van der Waals surface area contributed by atoms with Crippen molar-refractivity contribution in [3.8, 4) is 0 Å². The molecule has 1 atom stereocenters. The third-order valence-electron chi connectivity index (χ3n) is 4.54. The second-order valence-corrected chi connectivity index (χ2v) is 6.36. The van der Waals surface area contributed by atoms with Crippen molar-refractivity contribution in [1.29, 1.82) is 0 Å². The molecule has 138 valence electrons. The number of nitrogens with zero attached hydrogens (tertiary/aromatic N) is 1. The zero-order chi connectivity index (χ0) is 16.9. The lowest BCUT2D eigenvalue weighted by atomic mass is 10.0. The van der Waals surface area contributed by atoms with Crippen LogP contribution in [0.5, 0.6) is 0 Å². The average Bonchev–Trinajstić information content (AvgIpc) is 2.95. The van der Waals surface area contributed by atoms with E-state index >= 15 is 0 Å². The van der Waals surface area contributed by atoms with E-state index in [1.807, 2.05) is 6.07 Å². The molecular weight excluding hydrogens is 345 g/mol. The number of benzene rings is 1. The Morgan fingerprint density at radius 2 is 2.20 bits per heavy atom. The molecule has 0 radical (unpaired) electrons. The first kappa shape index (κ1) is 19.7. The number of hydrogen-bond donors (Lipinski definition) is 2. The molecule has 0 saturated carbocycles. The molecule has 3 N–H and O–H groups in total. The van der Waals surface area contributed by atoms with E-state index in [1.54, 1.807) is 6.07 Å². The molecule has 0 aliphatic carbocycles. The number of hydrogen-bond acceptors (Lipinski definition) is 4. The summed E-state index contributed by atoms with van der Waals surface area (Å²) in [5.74, 6) is 0.575. The van der Waals surface area contributed by atoms with Gasteiger partial charge in [-0.1, -0.05) is 6.42 Å². The summed E-state index contributed by atoms with van der Waals surface area (Å²) in [5.41, 5.74) is 6.11. The summed E-state index contributed by atoms with van der Waals surface area (Å²) in [6, 6.07) is 6.76. The third kappa shape index (κ3) is 5.17. The maximum absolute atomic E-state index is 13.3. The summed E-state index contributed by atoms with van der Waals surface area (Å²) in [6.45, 7) is 2.65. The Bertz CT molecular complexity index is 707. The molecular formula is C18H25ClFN3O2. The minimum absolute atomic E-state index is 0. The van der Waals surface area contributed by atoms with Gasteiger partial charge in [-0.05, 0) is 43.7 Å². The minimum Gasteiger partial charge on any atom is -0.460 e. The van der Waals surface area contributed by atoms with Crippen molar-refractivity contribution in [3.05, 3.63) is 35.8 Å². The molecule has 1 fully saturated rings. The van der Waals surface area contributed by atoms with Gasteiger partial charge in [0, 0.05) is 30.9 Å². The Morgan fingerprint density at radius 3 is 3.00 bits per heavy atom. The highest BCUT2D eigenvalue weighted by Crippen LogP contribution is 2.24. The maximum Gasteiger partial charge on any atom is 0.221 e. The fourth-order valence-corrected chi connectivity index (χ4v) is 3.30. The smallest absolute Gasteiger partial charge is 0.221 e. The molecule has 7 heteroatoms. The van der Waals surface area contributed by atoms with Crippen molar-refractivity contribution in [1.82, 2.24) is 10.2 Å². The zero-order valence-electron chi connectivity index (χ0n) is 14.2. The normalized spacial score (nSPS) is 18.1. The van der Waals surface area contributed by atoms with Crippen LogP contribution in [0, 0.1) is 5.82 Å². The number of piperidine rings is 1. The summed E-state index contributed by atoms with van der Waals surface area (Å²) >= 11 is 0. The van der Waals surface area contributed by atoms with Gasteiger partial charge < -0.3 is 15.5 Å². The molecule has 1 unspecified atom stereocenters. The zero-order valence-corrected chi connectivity index (χ0v) is 15.0. The standard InChI is InChI=1S/C18H24FN3O2.ClH/c19-14-4-5-17-13(9-14)10-16(24-17)12-22-8-2-1-3-15(22)11-21-18(23)6-7-20;/h4-5,9-10,15H,1-3,6-8,11-12,20H2,(H,21,23);1H. The van der Waals surface area contributed by atoms with Gasteiger partial charge in [0.25, 0.3) is 0 Å². The van der Waals surface area contributed by atoms with Gasteiger partial charge in [-0.15, -0.1) is 12.4 Å². The highest BCUT2D eigenvalue weighted by molar-refractivity contribution is 5.85. The Morgan fingerprint density at radius 1 is 1.36 bits per heavy atom. The van der Waals surface area contributed by atoms with Crippen LogP contribution in [0.25, 0.3) is 11.0 Å². The highest BCUT2D eigenvalue weighted by atomic mass is 35.5. The number of nitrogens with two attached hydrogens (primary N) is 1. The van der Waals surface area contributed by atoms with E-state index in [4.69, 9.17) is 10.2 Å². The Balaban J connectivity index is 0.00000225. The first-order chi connectivity index (χ1) is 11.7. The third-order valence-corrected chi connectivity index (χ3v) is 4.54. The van der Waals surface area contributed by atoms with Crippen molar-refractivity contribution in [2.75, 3.05) is 19.6 Å². The van der Waals surface area contributed by atoms with Gasteiger partial charge in [0.1, 0.15) is 17.2 Å². The molecule has 1 aliphatic rings. The molecule has 0 spiro atoms. The number of halogens is 2. The van der Waals surface area contributed by atoms with E-state index in [0.717, 1.165) is 30.5 Å². The van der Waals surface area contributed by atoms with E-state index in [1.165, 1.54) is 18.6 Å². The Kier molecular flexibility index (Phi) is 7.23. The fourth-order valence-electron chi connectivity index (χ4n) is 3.30. The first-order valence-electron chi connectivity index (χ1n) is 8.54. The minimum atomic E-state index is -0.256. The largest absolute Gasteiger partial charge is 0.460 e. The number of amides is 1. The number of nitrogens with one attached hydrogen (secondary N) is 1. The molecule has 1 aromatic heterocycles. The molecule has 1 aliphatic heterocycles. The van der Waals surface area contributed by atoms with Gasteiger partial charge in [0.05, 0.1) is 6.54 Å². The monoisotopic (exact) mass is 369 g/mol. The van der Waals surface area contributed by atoms with Crippen LogP contribution in [-0.4, -0.2) is 36.5 Å². The van der Waals surface area contributed by atoms with Gasteiger partial charge in [-0.2, -0.15) is 0 Å². The first-order valence-corrected chi connectivity index (χ1v) is 8.54. The van der Waals surface area contributed by atoms with E-state index in [2.05, 4.69) is 10.2 Å². The molecule has 1 aromatic carbocycles. The number of rotatable bonds is 6. The van der Waals surface area contributed by atoms with Crippen LogP contribution in [0.15, 0.2) is 28.7 Å². The highest BCUT2D eigenvalue weighted by Gasteiger charge is 2.24. The van der Waals surface area contributed by atoms with Crippen molar-refractivity contribution in [2.45, 2.75) is 38.3 Å². The maximum atomic E-state index is 13.3. The van der Waals surface area contributed by atoms with Gasteiger partial charge in [-0.3, -0.25) is 9.69 Å². The van der Waals surface area contributed by atoms with Crippen molar-refractivity contribution in [2.24, 2.45) is 5.73 Å². The average molecular weight is 370 g/mol. The molecule has 1 saturated heterocycles. The number of carbonyl (C=O) groups is 1. The number of likely N-dealkylation sites (tertiary alicyclic amines) is 1. The van der Waals surface area contributed by atoms with Gasteiger partial charge in [0.2, 0.25) is 5.91 Å². The van der Waals surface area contributed by atoms with Crippen LogP contribution in [0.4, 0.5) is 4.39 Å². The molecule has 5 nitrogen and oxygen atoms in total. The lowest BCUT2D eigenvalue weighted by molar-refractivity contribution is -0.121. The van der Waals surface area contributed by atoms with E-state index in [0.29, 0.717) is 37.7 Å². The van der Waals surface area contributed by atoms with Crippen LogP contribution in [0.3, 0.4) is 0 Å². The van der Waals surface area contributed by atoms with Crippen LogP contribution in [-0.2, 0) is 11.3 Å². The van der Waals surface area contributed by atoms with Crippen molar-refractivity contribution in [3.63, 3.8) is 0 Å².